The fourth-order valence-corrected chi connectivity index (χ4v) is 8.13. The number of halogens is 1. The van der Waals surface area contributed by atoms with Crippen LogP contribution < -0.4 is 31.2 Å². The number of imidazole rings is 1. The zero-order valence-corrected chi connectivity index (χ0v) is 25.4. The molecule has 0 saturated carbocycles. The molecule has 2 aliphatic rings. The first-order valence-corrected chi connectivity index (χ1v) is 14.9. The Hall–Kier alpha value is -2.99. The van der Waals surface area contributed by atoms with Crippen LogP contribution in [0, 0.1) is 11.8 Å². The fraction of sp³-hybridized carbons (Fsp3) is 0.310. The van der Waals surface area contributed by atoms with Gasteiger partial charge in [-0.25, -0.2) is 9.13 Å². The van der Waals surface area contributed by atoms with E-state index in [1.54, 1.807) is 18.7 Å². The molecule has 0 bridgehead atoms. The summed E-state index contributed by atoms with van der Waals surface area (Å²) < 4.78 is 6.38. The number of carbonyl (C=O) groups is 2. The van der Waals surface area contributed by atoms with Gasteiger partial charge in [-0.1, -0.05) is 60.4 Å². The summed E-state index contributed by atoms with van der Waals surface area (Å²) in [5.41, 5.74) is 2.96. The molecule has 4 aromatic rings. The van der Waals surface area contributed by atoms with Gasteiger partial charge >= 0.3 is 0 Å². The Morgan fingerprint density at radius 3 is 2.40 bits per heavy atom. The van der Waals surface area contributed by atoms with Gasteiger partial charge in [-0.15, -0.1) is 0 Å². The van der Waals surface area contributed by atoms with Crippen molar-refractivity contribution in [2.24, 2.45) is 11.8 Å². The smallest absolute Gasteiger partial charge is 0.250 e. The Labute approximate surface area is 251 Å². The number of hydrogen-bond acceptors (Lipinski definition) is 6. The van der Waals surface area contributed by atoms with Gasteiger partial charge < -0.3 is 36.9 Å². The van der Waals surface area contributed by atoms with E-state index in [0.717, 1.165) is 21.3 Å². The third kappa shape index (κ3) is 4.68. The molecule has 11 heteroatoms. The van der Waals surface area contributed by atoms with E-state index in [-0.39, 0.29) is 40.5 Å². The van der Waals surface area contributed by atoms with Crippen LogP contribution in [0.5, 0.6) is 0 Å². The van der Waals surface area contributed by atoms with Crippen LogP contribution in [0.1, 0.15) is 29.9 Å². The van der Waals surface area contributed by atoms with E-state index in [2.05, 4.69) is 45.8 Å². The van der Waals surface area contributed by atoms with E-state index in [0.29, 0.717) is 12.1 Å². The number of benzene rings is 1. The number of carboxylic acid groups (broad SMARTS) is 1. The molecule has 1 N–H and O–H groups in total. The molecule has 5 heterocycles. The molecule has 1 saturated heterocycles. The summed E-state index contributed by atoms with van der Waals surface area (Å²) in [7, 11) is 0. The number of thiazole rings is 1. The van der Waals surface area contributed by atoms with Crippen molar-refractivity contribution in [3.8, 4) is 0 Å². The molecular weight excluding hydrogens is 612 g/mol. The maximum absolute atomic E-state index is 12.7. The number of aliphatic hydroxyl groups excluding tert-OH is 1. The monoisotopic (exact) mass is 640 g/mol. The van der Waals surface area contributed by atoms with Crippen molar-refractivity contribution in [1.29, 1.82) is 0 Å². The molecule has 3 aromatic heterocycles. The number of carboxylic acids is 1. The number of aromatic nitrogens is 3. The van der Waals surface area contributed by atoms with Crippen LogP contribution in [0.3, 0.4) is 0 Å². The summed E-state index contributed by atoms with van der Waals surface area (Å²) >= 11 is 3.16. The minimum absolute atomic E-state index is 0. The number of pyridine rings is 1. The standard InChI is InChI=1S/C29H29N4O4S2.BrH/c1-17-22(25(29(36)37)33-24(17)23(18(2)34)26(33)35)21-15-32-16-31(27(38-3)28(32)39-21)14-20-9-7-19(8-10-20)13-30-11-5-4-6-12-30;/h4-12,15-18,23-24,34H,13-14H2,1-3H3;1H/q+1;/p-1/t17-,18+,23+,24+;/m0./s1. The van der Waals surface area contributed by atoms with Gasteiger partial charge in [0, 0.05) is 29.2 Å². The van der Waals surface area contributed by atoms with Crippen molar-refractivity contribution in [3.63, 3.8) is 0 Å². The fourth-order valence-electron chi connectivity index (χ4n) is 5.96. The molecular formula is C29H29BrN4O4S2. The van der Waals surface area contributed by atoms with Crippen LogP contribution >= 0.6 is 23.1 Å². The lowest BCUT2D eigenvalue weighted by molar-refractivity contribution is -0.721. The van der Waals surface area contributed by atoms with Gasteiger partial charge in [0.2, 0.25) is 15.8 Å². The van der Waals surface area contributed by atoms with Crippen molar-refractivity contribution < 1.29 is 45.9 Å². The van der Waals surface area contributed by atoms with Gasteiger partial charge in [0.15, 0.2) is 18.9 Å². The molecule has 2 aliphatic heterocycles. The lowest BCUT2D eigenvalue weighted by Gasteiger charge is -2.47. The van der Waals surface area contributed by atoms with E-state index >= 15 is 0 Å². The largest absolute Gasteiger partial charge is 1.00 e. The van der Waals surface area contributed by atoms with Gasteiger partial charge in [0.25, 0.3) is 6.33 Å². The molecule has 8 nitrogen and oxygen atoms in total. The number of nitrogens with zero attached hydrogens (tertiary/aromatic N) is 4. The molecule has 4 atom stereocenters. The second-order valence-electron chi connectivity index (χ2n) is 10.2. The first kappa shape index (κ1) is 28.5. The van der Waals surface area contributed by atoms with Crippen molar-refractivity contribution >= 4 is 45.4 Å². The first-order valence-electron chi connectivity index (χ1n) is 12.8. The zero-order valence-electron chi connectivity index (χ0n) is 22.2. The SMILES string of the molecule is CSc1c2sc(C3=C(C(=O)[O-])N4C(=O)[C@H]([C@@H](C)O)[C@H]4[C@H]3C)cn2c[n+]1Cc1ccc(C[n+]2ccccc2)cc1.[Br-]. The van der Waals surface area contributed by atoms with E-state index in [4.69, 9.17) is 0 Å². The second-order valence-corrected chi connectivity index (χ2v) is 12.1. The highest BCUT2D eigenvalue weighted by atomic mass is 79.9. The number of thioether (sulfide) groups is 1. The maximum atomic E-state index is 12.7. The second kappa shape index (κ2) is 11.1. The number of aliphatic hydroxyl groups is 1. The lowest BCUT2D eigenvalue weighted by atomic mass is 9.77. The van der Waals surface area contributed by atoms with Gasteiger partial charge in [-0.3, -0.25) is 4.79 Å². The van der Waals surface area contributed by atoms with Gasteiger partial charge in [-0.05, 0) is 18.7 Å². The van der Waals surface area contributed by atoms with Crippen LogP contribution in [0.25, 0.3) is 10.4 Å². The third-order valence-electron chi connectivity index (χ3n) is 7.75. The molecule has 40 heavy (non-hydrogen) atoms. The van der Waals surface area contributed by atoms with Crippen LogP contribution in [0.2, 0.25) is 0 Å². The predicted octanol–water partition coefficient (Wildman–Crippen LogP) is -1.28. The first-order chi connectivity index (χ1) is 18.8. The molecule has 0 aliphatic carbocycles. The maximum Gasteiger partial charge on any atom is 0.250 e. The number of hydrogen-bond donors (Lipinski definition) is 1. The highest BCUT2D eigenvalue weighted by Crippen LogP contribution is 2.51. The molecule has 0 radical (unpaired) electrons. The summed E-state index contributed by atoms with van der Waals surface area (Å²) in [6.07, 6.45) is 9.29. The zero-order chi connectivity index (χ0) is 27.4. The molecule has 0 unspecified atom stereocenters. The number of amides is 1. The quantitative estimate of drug-likeness (QED) is 0.147. The highest BCUT2D eigenvalue weighted by molar-refractivity contribution is 7.98. The van der Waals surface area contributed by atoms with Crippen LogP contribution in [-0.4, -0.2) is 44.7 Å². The topological polar surface area (TPSA) is 92.8 Å². The summed E-state index contributed by atoms with van der Waals surface area (Å²) in [5.74, 6) is -2.53. The molecule has 1 amide bonds. The molecule has 208 valence electrons. The Balaban J connectivity index is 0.00000323. The van der Waals surface area contributed by atoms with Gasteiger partial charge in [-0.2, -0.15) is 4.40 Å². The lowest BCUT2D eigenvalue weighted by Crippen LogP contribution is -3.00. The van der Waals surface area contributed by atoms with Crippen molar-refractivity contribution in [1.82, 2.24) is 9.30 Å². The van der Waals surface area contributed by atoms with E-state index in [1.165, 1.54) is 27.4 Å². The molecule has 6 rings (SSSR count). The van der Waals surface area contributed by atoms with Crippen molar-refractivity contribution in [2.45, 2.75) is 44.1 Å². The van der Waals surface area contributed by atoms with Crippen LogP contribution in [-0.2, 0) is 22.7 Å². The Bertz CT molecular complexity index is 1610. The summed E-state index contributed by atoms with van der Waals surface area (Å²) in [6, 6.07) is 14.3. The average molecular weight is 642 g/mol. The Morgan fingerprint density at radius 1 is 1.15 bits per heavy atom. The number of rotatable bonds is 8. The normalized spacial score (nSPS) is 20.9. The summed E-state index contributed by atoms with van der Waals surface area (Å²) in [4.78, 5) is 28.0. The number of carbonyl (C=O) groups excluding carboxylic acids is 2. The van der Waals surface area contributed by atoms with E-state index < -0.39 is 18.0 Å². The summed E-state index contributed by atoms with van der Waals surface area (Å²) in [6.45, 7) is 5.04. The third-order valence-corrected chi connectivity index (χ3v) is 9.83. The minimum Gasteiger partial charge on any atom is -1.00 e. The van der Waals surface area contributed by atoms with Crippen molar-refractivity contribution in [2.75, 3.05) is 6.26 Å². The van der Waals surface area contributed by atoms with Crippen LogP contribution in [0.4, 0.5) is 0 Å². The Kier molecular flexibility index (Phi) is 7.93. The van der Waals surface area contributed by atoms with E-state index in [9.17, 15) is 19.8 Å². The van der Waals surface area contributed by atoms with Crippen molar-refractivity contribution in [3.05, 3.63) is 89.1 Å². The molecule has 0 spiro atoms. The van der Waals surface area contributed by atoms with E-state index in [1.807, 2.05) is 48.3 Å². The highest BCUT2D eigenvalue weighted by Gasteiger charge is 2.59. The van der Waals surface area contributed by atoms with Gasteiger partial charge in [0.1, 0.15) is 12.7 Å². The van der Waals surface area contributed by atoms with Crippen LogP contribution in [0.15, 0.2) is 78.1 Å². The number of β-lactam (4-membered cyclic amide) rings is 1. The van der Waals surface area contributed by atoms with Gasteiger partial charge in [0.05, 0.1) is 34.6 Å². The number of fused-ring (bicyclic) bond motifs is 2. The predicted molar refractivity (Wildman–Crippen MR) is 145 cm³/mol. The summed E-state index contributed by atoms with van der Waals surface area (Å²) in [5, 5.41) is 23.4. The number of aliphatic carboxylic acids is 1. The average Bonchev–Trinajstić information content (AvgIpc) is 3.52. The molecule has 1 aromatic carbocycles. The molecule has 1 fully saturated rings. The Morgan fingerprint density at radius 2 is 1.80 bits per heavy atom. The minimum atomic E-state index is -1.36.